The predicted octanol–water partition coefficient (Wildman–Crippen LogP) is 5.31. The molecule has 1 amide bonds. The average molecular weight is 509 g/mol. The van der Waals surface area contributed by atoms with E-state index >= 15 is 0 Å². The van der Waals surface area contributed by atoms with E-state index in [0.717, 1.165) is 28.4 Å². The number of aromatic hydroxyl groups is 1. The van der Waals surface area contributed by atoms with Crippen molar-refractivity contribution in [1.29, 1.82) is 0 Å². The molecule has 1 fully saturated rings. The summed E-state index contributed by atoms with van der Waals surface area (Å²) in [6, 6.07) is 12.9. The number of amides is 1. The van der Waals surface area contributed by atoms with Crippen LogP contribution in [0.2, 0.25) is 0 Å². The van der Waals surface area contributed by atoms with Crippen molar-refractivity contribution in [3.63, 3.8) is 0 Å². The summed E-state index contributed by atoms with van der Waals surface area (Å²) >= 11 is 0.907. The van der Waals surface area contributed by atoms with Crippen LogP contribution < -0.4 is 9.64 Å². The summed E-state index contributed by atoms with van der Waals surface area (Å²) in [5.74, 6) is -3.93. The molecule has 1 atom stereocenters. The van der Waals surface area contributed by atoms with E-state index in [0.29, 0.717) is 17.9 Å². The molecule has 2 N–H and O–H groups in total. The number of aliphatic hydroxyl groups is 1. The Kier molecular flexibility index (Phi) is 5.89. The van der Waals surface area contributed by atoms with Gasteiger partial charge in [0.05, 0.1) is 28.4 Å². The van der Waals surface area contributed by atoms with Crippen LogP contribution in [0.15, 0.2) is 66.2 Å². The maximum absolute atomic E-state index is 13.8. The van der Waals surface area contributed by atoms with E-state index in [1.807, 2.05) is 6.92 Å². The second-order valence-electron chi connectivity index (χ2n) is 7.95. The van der Waals surface area contributed by atoms with E-state index in [1.165, 1.54) is 24.3 Å². The minimum absolute atomic E-state index is 0.0286. The number of carbonyl (C=O) groups excluding carboxylic acids is 2. The standard InChI is InChI=1S/C26H18F2N2O5S/c1-2-35-16-9-5-14(6-10-16)23(32)21-22(13-3-7-15(31)8-4-13)30(25(34)24(21)33)26-29-19-11-17(27)18(28)12-20(19)36-26/h3-12,22,31-32H,2H2,1H3/b23-21+. The molecule has 2 heterocycles. The summed E-state index contributed by atoms with van der Waals surface area (Å²) in [6.45, 7) is 2.28. The van der Waals surface area contributed by atoms with E-state index in [2.05, 4.69) is 4.98 Å². The van der Waals surface area contributed by atoms with Crippen LogP contribution >= 0.6 is 11.3 Å². The van der Waals surface area contributed by atoms with Crippen LogP contribution in [0.25, 0.3) is 16.0 Å². The highest BCUT2D eigenvalue weighted by molar-refractivity contribution is 7.22. The number of ketones is 1. The molecule has 0 bridgehead atoms. The number of phenolic OH excluding ortho intramolecular Hbond substituents is 1. The second kappa shape index (κ2) is 9.04. The predicted molar refractivity (Wildman–Crippen MR) is 130 cm³/mol. The molecule has 1 aromatic heterocycles. The lowest BCUT2D eigenvalue weighted by Crippen LogP contribution is -2.29. The first kappa shape index (κ1) is 23.4. The van der Waals surface area contributed by atoms with E-state index in [9.17, 15) is 28.6 Å². The number of hydrogen-bond acceptors (Lipinski definition) is 7. The van der Waals surface area contributed by atoms with Gasteiger partial charge < -0.3 is 14.9 Å². The van der Waals surface area contributed by atoms with Crippen molar-refractivity contribution in [2.45, 2.75) is 13.0 Å². The van der Waals surface area contributed by atoms with Gasteiger partial charge in [-0.25, -0.2) is 13.8 Å². The molecule has 7 nitrogen and oxygen atoms in total. The Morgan fingerprint density at radius 3 is 2.39 bits per heavy atom. The number of thiazole rings is 1. The smallest absolute Gasteiger partial charge is 0.301 e. The fraction of sp³-hybridized carbons (Fsp3) is 0.115. The molecule has 36 heavy (non-hydrogen) atoms. The van der Waals surface area contributed by atoms with Crippen molar-refractivity contribution in [3.8, 4) is 11.5 Å². The van der Waals surface area contributed by atoms with E-state index in [4.69, 9.17) is 4.74 Å². The number of ether oxygens (including phenoxy) is 1. The first-order valence-corrected chi connectivity index (χ1v) is 11.7. The van der Waals surface area contributed by atoms with Crippen LogP contribution in [0.1, 0.15) is 24.1 Å². The van der Waals surface area contributed by atoms with Gasteiger partial charge in [0.15, 0.2) is 16.8 Å². The van der Waals surface area contributed by atoms with Gasteiger partial charge in [0, 0.05) is 11.6 Å². The Balaban J connectivity index is 1.68. The number of benzene rings is 3. The van der Waals surface area contributed by atoms with Crippen molar-refractivity contribution in [1.82, 2.24) is 4.98 Å². The highest BCUT2D eigenvalue weighted by Gasteiger charge is 2.48. The van der Waals surface area contributed by atoms with Crippen molar-refractivity contribution >= 4 is 44.1 Å². The SMILES string of the molecule is CCOc1ccc(/C(O)=C2\C(=O)C(=O)N(c3nc4cc(F)c(F)cc4s3)C2c2ccc(O)cc2)cc1. The van der Waals surface area contributed by atoms with Gasteiger partial charge in [-0.2, -0.15) is 0 Å². The highest BCUT2D eigenvalue weighted by atomic mass is 32.1. The topological polar surface area (TPSA) is 100.0 Å². The maximum atomic E-state index is 13.8. The number of fused-ring (bicyclic) bond motifs is 1. The third-order valence-electron chi connectivity index (χ3n) is 5.72. The normalized spacial score (nSPS) is 17.2. The van der Waals surface area contributed by atoms with Gasteiger partial charge in [-0.3, -0.25) is 14.5 Å². The first-order valence-electron chi connectivity index (χ1n) is 10.9. The number of rotatable bonds is 5. The number of hydrogen-bond donors (Lipinski definition) is 2. The van der Waals surface area contributed by atoms with Gasteiger partial charge in [-0.05, 0) is 55.0 Å². The number of carbonyl (C=O) groups is 2. The number of aliphatic hydroxyl groups excluding tert-OH is 1. The van der Waals surface area contributed by atoms with Crippen LogP contribution in [0.4, 0.5) is 13.9 Å². The molecule has 4 aromatic rings. The molecule has 10 heteroatoms. The minimum atomic E-state index is -1.10. The summed E-state index contributed by atoms with van der Waals surface area (Å²) in [5, 5.41) is 20.9. The van der Waals surface area contributed by atoms with Crippen molar-refractivity contribution in [2.75, 3.05) is 11.5 Å². The Bertz CT molecular complexity index is 1490. The molecule has 3 aromatic carbocycles. The molecule has 1 aliphatic rings. The Hall–Kier alpha value is -4.31. The lowest BCUT2D eigenvalue weighted by molar-refractivity contribution is -0.132. The summed E-state index contributed by atoms with van der Waals surface area (Å²) < 4.78 is 33.2. The summed E-state index contributed by atoms with van der Waals surface area (Å²) in [6.07, 6.45) is 0. The number of aromatic nitrogens is 1. The molecular weight excluding hydrogens is 490 g/mol. The molecule has 0 saturated carbocycles. The zero-order valence-electron chi connectivity index (χ0n) is 18.7. The summed E-state index contributed by atoms with van der Waals surface area (Å²) in [4.78, 5) is 31.8. The maximum Gasteiger partial charge on any atom is 0.301 e. The molecule has 0 aliphatic carbocycles. The van der Waals surface area contributed by atoms with Gasteiger partial charge >= 0.3 is 5.91 Å². The van der Waals surface area contributed by atoms with Crippen LogP contribution in [-0.2, 0) is 9.59 Å². The zero-order valence-corrected chi connectivity index (χ0v) is 19.6. The third-order valence-corrected chi connectivity index (χ3v) is 6.73. The number of anilines is 1. The Morgan fingerprint density at radius 1 is 1.06 bits per heavy atom. The summed E-state index contributed by atoms with van der Waals surface area (Å²) in [7, 11) is 0. The van der Waals surface area contributed by atoms with Crippen LogP contribution in [0.3, 0.4) is 0 Å². The fourth-order valence-corrected chi connectivity index (χ4v) is 5.05. The largest absolute Gasteiger partial charge is 0.508 e. The second-order valence-corrected chi connectivity index (χ2v) is 8.96. The van der Waals surface area contributed by atoms with Crippen LogP contribution in [0, 0.1) is 11.6 Å². The van der Waals surface area contributed by atoms with Gasteiger partial charge in [0.2, 0.25) is 0 Å². The fourth-order valence-electron chi connectivity index (χ4n) is 4.05. The first-order chi connectivity index (χ1) is 17.3. The summed E-state index contributed by atoms with van der Waals surface area (Å²) in [5.41, 5.74) is 0.628. The van der Waals surface area contributed by atoms with E-state index in [-0.39, 0.29) is 32.2 Å². The van der Waals surface area contributed by atoms with Gasteiger partial charge in [-0.1, -0.05) is 23.5 Å². The van der Waals surface area contributed by atoms with Gasteiger partial charge in [0.25, 0.3) is 5.78 Å². The molecule has 182 valence electrons. The van der Waals surface area contributed by atoms with Crippen molar-refractivity contribution in [2.24, 2.45) is 0 Å². The van der Waals surface area contributed by atoms with E-state index in [1.54, 1.807) is 24.3 Å². The van der Waals surface area contributed by atoms with Crippen molar-refractivity contribution in [3.05, 3.63) is 89.0 Å². The quantitative estimate of drug-likeness (QED) is 0.216. The monoisotopic (exact) mass is 508 g/mol. The number of halogens is 2. The molecule has 1 aliphatic heterocycles. The molecule has 1 saturated heterocycles. The number of Topliss-reactive ketones (excluding diaryl/α,β-unsaturated/α-hetero) is 1. The van der Waals surface area contributed by atoms with E-state index < -0.39 is 35.1 Å². The Labute approximate surface area is 207 Å². The molecule has 1 unspecified atom stereocenters. The average Bonchev–Trinajstić information content (AvgIpc) is 3.37. The van der Waals surface area contributed by atoms with Crippen molar-refractivity contribution < 1.29 is 33.3 Å². The highest BCUT2D eigenvalue weighted by Crippen LogP contribution is 2.44. The Morgan fingerprint density at radius 2 is 1.72 bits per heavy atom. The number of phenols is 1. The molecular formula is C26H18F2N2O5S. The lowest BCUT2D eigenvalue weighted by Gasteiger charge is -2.23. The molecule has 0 spiro atoms. The minimum Gasteiger partial charge on any atom is -0.508 e. The molecule has 0 radical (unpaired) electrons. The lowest BCUT2D eigenvalue weighted by atomic mass is 9.95. The zero-order chi connectivity index (χ0) is 25.6. The third kappa shape index (κ3) is 3.95. The molecule has 5 rings (SSSR count). The van der Waals surface area contributed by atoms with Gasteiger partial charge in [0.1, 0.15) is 17.3 Å². The van der Waals surface area contributed by atoms with Crippen LogP contribution in [-0.4, -0.2) is 33.5 Å². The van der Waals surface area contributed by atoms with Crippen LogP contribution in [0.5, 0.6) is 11.5 Å². The van der Waals surface area contributed by atoms with Gasteiger partial charge in [-0.15, -0.1) is 0 Å². The number of nitrogens with zero attached hydrogens (tertiary/aromatic N) is 2.